The lowest BCUT2D eigenvalue weighted by atomic mass is 10.1. The molecule has 0 aliphatic carbocycles. The highest BCUT2D eigenvalue weighted by molar-refractivity contribution is 7.89. The van der Waals surface area contributed by atoms with Crippen LogP contribution in [0, 0.1) is 11.3 Å². The van der Waals surface area contributed by atoms with Crippen LogP contribution in [0.25, 0.3) is 0 Å². The summed E-state index contributed by atoms with van der Waals surface area (Å²) in [5.74, 6) is 0.0441. The molecule has 2 aromatic rings. The molecule has 0 aliphatic rings. The molecule has 1 N–H and O–H groups in total. The Bertz CT molecular complexity index is 831. The van der Waals surface area contributed by atoms with Gasteiger partial charge in [0.1, 0.15) is 5.75 Å². The maximum Gasteiger partial charge on any atom is 0.387 e. The molecule has 0 saturated carbocycles. The average Bonchev–Trinajstić information content (AvgIpc) is 2.56. The van der Waals surface area contributed by atoms with Crippen molar-refractivity contribution < 1.29 is 21.9 Å². The summed E-state index contributed by atoms with van der Waals surface area (Å²) in [4.78, 5) is 0.0160. The van der Waals surface area contributed by atoms with Gasteiger partial charge in [0.15, 0.2) is 0 Å². The van der Waals surface area contributed by atoms with Gasteiger partial charge >= 0.3 is 6.61 Å². The second-order valence-electron chi connectivity index (χ2n) is 4.81. The zero-order valence-corrected chi connectivity index (χ0v) is 13.3. The molecule has 8 heteroatoms. The molecule has 2 rings (SSSR count). The van der Waals surface area contributed by atoms with Gasteiger partial charge in [0.2, 0.25) is 10.0 Å². The molecule has 0 heterocycles. The lowest BCUT2D eigenvalue weighted by molar-refractivity contribution is -0.0498. The Morgan fingerprint density at radius 2 is 1.88 bits per heavy atom. The van der Waals surface area contributed by atoms with E-state index in [4.69, 9.17) is 5.26 Å². The number of nitrogens with one attached hydrogen (secondary N) is 1. The standard InChI is InChI=1S/C16H14F2N2O3S/c17-16(18)23-14-6-4-12(5-7-14)8-9-20-24(21,22)15-3-1-2-13(10-15)11-19/h1-7,10,16,20H,8-9H2. The molecule has 5 nitrogen and oxygen atoms in total. The zero-order valence-electron chi connectivity index (χ0n) is 12.4. The van der Waals surface area contributed by atoms with E-state index in [1.807, 2.05) is 6.07 Å². The fourth-order valence-electron chi connectivity index (χ4n) is 1.98. The maximum atomic E-state index is 12.1. The van der Waals surface area contributed by atoms with Gasteiger partial charge in [-0.25, -0.2) is 13.1 Å². The SMILES string of the molecule is N#Cc1cccc(S(=O)(=O)NCCc2ccc(OC(F)F)cc2)c1. The molecule has 0 fully saturated rings. The van der Waals surface area contributed by atoms with E-state index in [0.29, 0.717) is 6.42 Å². The fourth-order valence-corrected chi connectivity index (χ4v) is 3.06. The highest BCUT2D eigenvalue weighted by Gasteiger charge is 2.13. The molecule has 0 aromatic heterocycles. The van der Waals surface area contributed by atoms with Crippen LogP contribution in [0.1, 0.15) is 11.1 Å². The number of ether oxygens (including phenoxy) is 1. The van der Waals surface area contributed by atoms with Crippen molar-refractivity contribution in [1.82, 2.24) is 4.72 Å². The first-order valence-corrected chi connectivity index (χ1v) is 8.42. The molecule has 24 heavy (non-hydrogen) atoms. The van der Waals surface area contributed by atoms with Gasteiger partial charge in [-0.2, -0.15) is 14.0 Å². The van der Waals surface area contributed by atoms with Crippen molar-refractivity contribution in [3.63, 3.8) is 0 Å². The highest BCUT2D eigenvalue weighted by atomic mass is 32.2. The molecule has 2 aromatic carbocycles. The Hall–Kier alpha value is -2.50. The van der Waals surface area contributed by atoms with Crippen LogP contribution in [-0.2, 0) is 16.4 Å². The van der Waals surface area contributed by atoms with Crippen molar-refractivity contribution in [2.75, 3.05) is 6.54 Å². The summed E-state index contributed by atoms with van der Waals surface area (Å²) in [5, 5.41) is 8.81. The van der Waals surface area contributed by atoms with E-state index < -0.39 is 16.6 Å². The normalized spacial score (nSPS) is 11.2. The van der Waals surface area contributed by atoms with Gasteiger partial charge in [0.05, 0.1) is 16.5 Å². The lowest BCUT2D eigenvalue weighted by Crippen LogP contribution is -2.26. The van der Waals surface area contributed by atoms with Crippen LogP contribution < -0.4 is 9.46 Å². The second kappa shape index (κ2) is 7.86. The highest BCUT2D eigenvalue weighted by Crippen LogP contribution is 2.15. The first-order chi connectivity index (χ1) is 11.4. The molecule has 0 radical (unpaired) electrons. The van der Waals surface area contributed by atoms with Gasteiger partial charge in [-0.3, -0.25) is 0 Å². The topological polar surface area (TPSA) is 79.2 Å². The van der Waals surface area contributed by atoms with Gasteiger partial charge in [-0.15, -0.1) is 0 Å². The van der Waals surface area contributed by atoms with E-state index in [2.05, 4.69) is 9.46 Å². The third-order valence-corrected chi connectivity index (χ3v) is 4.59. The first-order valence-electron chi connectivity index (χ1n) is 6.94. The third-order valence-electron chi connectivity index (χ3n) is 3.13. The first kappa shape index (κ1) is 17.8. The second-order valence-corrected chi connectivity index (χ2v) is 6.58. The van der Waals surface area contributed by atoms with Crippen LogP contribution in [0.3, 0.4) is 0 Å². The van der Waals surface area contributed by atoms with Gasteiger partial charge in [-0.05, 0) is 42.3 Å². The predicted molar refractivity (Wildman–Crippen MR) is 83.1 cm³/mol. The molecular weight excluding hydrogens is 338 g/mol. The number of halogens is 2. The summed E-state index contributed by atoms with van der Waals surface area (Å²) in [7, 11) is -3.71. The smallest absolute Gasteiger partial charge is 0.387 e. The number of benzene rings is 2. The molecule has 0 amide bonds. The predicted octanol–water partition coefficient (Wildman–Crippen LogP) is 2.68. The van der Waals surface area contributed by atoms with Crippen molar-refractivity contribution in [3.05, 3.63) is 59.7 Å². The van der Waals surface area contributed by atoms with Crippen LogP contribution in [0.4, 0.5) is 8.78 Å². The Kier molecular flexibility index (Phi) is 5.84. The van der Waals surface area contributed by atoms with Crippen molar-refractivity contribution in [2.45, 2.75) is 17.9 Å². The van der Waals surface area contributed by atoms with E-state index in [-0.39, 0.29) is 22.8 Å². The fraction of sp³-hybridized carbons (Fsp3) is 0.188. The Labute approximate surface area is 138 Å². The van der Waals surface area contributed by atoms with Crippen LogP contribution >= 0.6 is 0 Å². The van der Waals surface area contributed by atoms with E-state index >= 15 is 0 Å². The quantitative estimate of drug-likeness (QED) is 0.831. The van der Waals surface area contributed by atoms with Crippen LogP contribution in [0.15, 0.2) is 53.4 Å². The molecule has 0 saturated heterocycles. The molecule has 0 aliphatic heterocycles. The number of nitriles is 1. The Morgan fingerprint density at radius 1 is 1.17 bits per heavy atom. The average molecular weight is 352 g/mol. The van der Waals surface area contributed by atoms with E-state index in [1.54, 1.807) is 12.1 Å². The van der Waals surface area contributed by atoms with Gasteiger partial charge in [0, 0.05) is 6.54 Å². The van der Waals surface area contributed by atoms with Crippen LogP contribution in [0.5, 0.6) is 5.75 Å². The zero-order chi connectivity index (χ0) is 17.6. The maximum absolute atomic E-state index is 12.1. The summed E-state index contributed by atoms with van der Waals surface area (Å²) in [6.07, 6.45) is 0.381. The summed E-state index contributed by atoms with van der Waals surface area (Å²) < 4.78 is 55.1. The van der Waals surface area contributed by atoms with E-state index in [0.717, 1.165) is 5.56 Å². The van der Waals surface area contributed by atoms with Crippen molar-refractivity contribution in [3.8, 4) is 11.8 Å². The van der Waals surface area contributed by atoms with Crippen molar-refractivity contribution >= 4 is 10.0 Å². The van der Waals surface area contributed by atoms with Crippen molar-refractivity contribution in [1.29, 1.82) is 5.26 Å². The molecule has 0 atom stereocenters. The number of hydrogen-bond donors (Lipinski definition) is 1. The third kappa shape index (κ3) is 5.01. The minimum Gasteiger partial charge on any atom is -0.435 e. The lowest BCUT2D eigenvalue weighted by Gasteiger charge is -2.08. The summed E-state index contributed by atoms with van der Waals surface area (Å²) >= 11 is 0. The Balaban J connectivity index is 1.94. The number of rotatable bonds is 7. The van der Waals surface area contributed by atoms with Gasteiger partial charge in [-0.1, -0.05) is 18.2 Å². The monoisotopic (exact) mass is 352 g/mol. The minimum atomic E-state index is -3.71. The van der Waals surface area contributed by atoms with Crippen molar-refractivity contribution in [2.24, 2.45) is 0 Å². The van der Waals surface area contributed by atoms with E-state index in [1.165, 1.54) is 36.4 Å². The summed E-state index contributed by atoms with van der Waals surface area (Å²) in [6, 6.07) is 13.5. The number of hydrogen-bond acceptors (Lipinski definition) is 4. The van der Waals surface area contributed by atoms with Crippen LogP contribution in [-0.4, -0.2) is 21.6 Å². The van der Waals surface area contributed by atoms with E-state index in [9.17, 15) is 17.2 Å². The van der Waals surface area contributed by atoms with Gasteiger partial charge < -0.3 is 4.74 Å². The number of nitrogens with zero attached hydrogens (tertiary/aromatic N) is 1. The minimum absolute atomic E-state index is 0.0160. The summed E-state index contributed by atoms with van der Waals surface area (Å²) in [5.41, 5.74) is 1.03. The molecule has 126 valence electrons. The largest absolute Gasteiger partial charge is 0.435 e. The molecular formula is C16H14F2N2O3S. The molecule has 0 spiro atoms. The van der Waals surface area contributed by atoms with Crippen LogP contribution in [0.2, 0.25) is 0 Å². The number of alkyl halides is 2. The van der Waals surface area contributed by atoms with Gasteiger partial charge in [0.25, 0.3) is 0 Å². The number of sulfonamides is 1. The molecule has 0 unspecified atom stereocenters. The Morgan fingerprint density at radius 3 is 2.50 bits per heavy atom. The molecule has 0 bridgehead atoms. The summed E-state index contributed by atoms with van der Waals surface area (Å²) in [6.45, 7) is -2.75.